The second-order valence-electron chi connectivity index (χ2n) is 6.96. The molecule has 7 heteroatoms. The van der Waals surface area contributed by atoms with Gasteiger partial charge in [-0.15, -0.1) is 0 Å². The van der Waals surface area contributed by atoms with Crippen LogP contribution in [-0.4, -0.2) is 66.4 Å². The molecule has 0 amide bonds. The summed E-state index contributed by atoms with van der Waals surface area (Å²) >= 11 is 0. The molecule has 0 unspecified atom stereocenters. The van der Waals surface area contributed by atoms with Crippen molar-refractivity contribution < 1.29 is 14.2 Å². The Hall–Kier alpha value is -2.15. The van der Waals surface area contributed by atoms with E-state index in [-0.39, 0.29) is 0 Å². The SMILES string of the molecule is CN=C(NCCCCCCCN(C)C)NCc1cc(OC)c(OC)c(OC)c1. The lowest BCUT2D eigenvalue weighted by Gasteiger charge is -2.16. The van der Waals surface area contributed by atoms with Crippen LogP contribution in [0.15, 0.2) is 17.1 Å². The average Bonchev–Trinajstić information content (AvgIpc) is 2.70. The third-order valence-electron chi connectivity index (χ3n) is 4.48. The molecule has 0 aliphatic carbocycles. The van der Waals surface area contributed by atoms with Crippen LogP contribution in [0.2, 0.25) is 0 Å². The number of benzene rings is 1. The number of nitrogens with zero attached hydrogens (tertiary/aromatic N) is 2. The highest BCUT2D eigenvalue weighted by molar-refractivity contribution is 5.79. The van der Waals surface area contributed by atoms with E-state index in [1.165, 1.54) is 32.2 Å². The van der Waals surface area contributed by atoms with Crippen LogP contribution in [0.3, 0.4) is 0 Å². The molecule has 0 radical (unpaired) electrons. The van der Waals surface area contributed by atoms with Gasteiger partial charge in [0.2, 0.25) is 5.75 Å². The average molecular weight is 395 g/mol. The maximum absolute atomic E-state index is 5.40. The Bertz CT molecular complexity index is 566. The van der Waals surface area contributed by atoms with Gasteiger partial charge in [-0.05, 0) is 51.2 Å². The van der Waals surface area contributed by atoms with Gasteiger partial charge in [-0.1, -0.05) is 19.3 Å². The molecule has 0 aromatic heterocycles. The standard InChI is InChI=1S/C21H38N4O3/c1-22-21(23-12-10-8-7-9-11-13-25(2)3)24-16-17-14-18(26-4)20(28-6)19(15-17)27-5/h14-15H,7-13,16H2,1-6H3,(H2,22,23,24). The third-order valence-corrected chi connectivity index (χ3v) is 4.48. The number of rotatable bonds is 13. The summed E-state index contributed by atoms with van der Waals surface area (Å²) in [6.45, 7) is 2.71. The van der Waals surface area contributed by atoms with Gasteiger partial charge in [0.25, 0.3) is 0 Å². The molecule has 1 rings (SSSR count). The van der Waals surface area contributed by atoms with Crippen molar-refractivity contribution in [3.8, 4) is 17.2 Å². The molecule has 0 aliphatic rings. The topological polar surface area (TPSA) is 67.4 Å². The third kappa shape index (κ3) is 8.69. The van der Waals surface area contributed by atoms with Crippen molar-refractivity contribution in [2.75, 3.05) is 55.6 Å². The van der Waals surface area contributed by atoms with E-state index in [4.69, 9.17) is 14.2 Å². The number of unbranched alkanes of at least 4 members (excludes halogenated alkanes) is 4. The van der Waals surface area contributed by atoms with Gasteiger partial charge in [-0.2, -0.15) is 0 Å². The molecular formula is C21H38N4O3. The fraction of sp³-hybridized carbons (Fsp3) is 0.667. The van der Waals surface area contributed by atoms with E-state index in [0.717, 1.165) is 24.5 Å². The van der Waals surface area contributed by atoms with Crippen molar-refractivity contribution in [3.05, 3.63) is 17.7 Å². The van der Waals surface area contributed by atoms with Gasteiger partial charge in [-0.3, -0.25) is 4.99 Å². The normalized spacial score (nSPS) is 11.5. The number of ether oxygens (including phenoxy) is 3. The number of hydrogen-bond donors (Lipinski definition) is 2. The molecule has 0 saturated heterocycles. The molecule has 0 atom stereocenters. The first-order valence-corrected chi connectivity index (χ1v) is 9.93. The molecule has 0 aliphatic heterocycles. The van der Waals surface area contributed by atoms with Crippen molar-refractivity contribution in [2.24, 2.45) is 4.99 Å². The van der Waals surface area contributed by atoms with E-state index in [0.29, 0.717) is 23.8 Å². The van der Waals surface area contributed by atoms with E-state index in [1.807, 2.05) is 12.1 Å². The van der Waals surface area contributed by atoms with Crippen molar-refractivity contribution in [1.82, 2.24) is 15.5 Å². The quantitative estimate of drug-likeness (QED) is 0.305. The van der Waals surface area contributed by atoms with Gasteiger partial charge in [0.15, 0.2) is 17.5 Å². The molecule has 28 heavy (non-hydrogen) atoms. The first-order valence-electron chi connectivity index (χ1n) is 9.93. The van der Waals surface area contributed by atoms with Crippen molar-refractivity contribution in [3.63, 3.8) is 0 Å². The van der Waals surface area contributed by atoms with Crippen LogP contribution >= 0.6 is 0 Å². The fourth-order valence-corrected chi connectivity index (χ4v) is 2.93. The summed E-state index contributed by atoms with van der Waals surface area (Å²) in [6, 6.07) is 3.88. The lowest BCUT2D eigenvalue weighted by atomic mass is 10.1. The summed E-state index contributed by atoms with van der Waals surface area (Å²) in [4.78, 5) is 6.53. The molecule has 160 valence electrons. The molecule has 0 saturated carbocycles. The van der Waals surface area contributed by atoms with Gasteiger partial charge in [0.05, 0.1) is 21.3 Å². The number of methoxy groups -OCH3 is 3. The predicted molar refractivity (Wildman–Crippen MR) is 116 cm³/mol. The molecule has 0 fully saturated rings. The highest BCUT2D eigenvalue weighted by atomic mass is 16.5. The van der Waals surface area contributed by atoms with E-state index in [1.54, 1.807) is 28.4 Å². The van der Waals surface area contributed by atoms with Crippen molar-refractivity contribution in [2.45, 2.75) is 38.6 Å². The van der Waals surface area contributed by atoms with Crippen LogP contribution < -0.4 is 24.8 Å². The van der Waals surface area contributed by atoms with Crippen molar-refractivity contribution >= 4 is 5.96 Å². The van der Waals surface area contributed by atoms with Crippen LogP contribution in [0.1, 0.15) is 37.7 Å². The smallest absolute Gasteiger partial charge is 0.203 e. The Morgan fingerprint density at radius 3 is 2.04 bits per heavy atom. The van der Waals surface area contributed by atoms with Crippen molar-refractivity contribution in [1.29, 1.82) is 0 Å². The largest absolute Gasteiger partial charge is 0.493 e. The molecule has 1 aromatic carbocycles. The minimum Gasteiger partial charge on any atom is -0.493 e. The number of guanidine groups is 1. The lowest BCUT2D eigenvalue weighted by molar-refractivity contribution is 0.323. The number of hydrogen-bond acceptors (Lipinski definition) is 5. The molecule has 0 bridgehead atoms. The van der Waals surface area contributed by atoms with Crippen LogP contribution in [0.5, 0.6) is 17.2 Å². The Morgan fingerprint density at radius 1 is 0.893 bits per heavy atom. The van der Waals surface area contributed by atoms with Crippen LogP contribution in [0, 0.1) is 0 Å². The zero-order valence-corrected chi connectivity index (χ0v) is 18.4. The maximum Gasteiger partial charge on any atom is 0.203 e. The van der Waals surface area contributed by atoms with Crippen LogP contribution in [-0.2, 0) is 6.54 Å². The zero-order chi connectivity index (χ0) is 20.8. The Morgan fingerprint density at radius 2 is 1.50 bits per heavy atom. The number of aliphatic imine (C=N–C) groups is 1. The Labute approximate surface area is 170 Å². The van der Waals surface area contributed by atoms with E-state index in [2.05, 4.69) is 34.6 Å². The first-order chi connectivity index (χ1) is 13.5. The fourth-order valence-electron chi connectivity index (χ4n) is 2.93. The maximum atomic E-state index is 5.40. The second kappa shape index (κ2) is 13.9. The van der Waals surface area contributed by atoms with E-state index < -0.39 is 0 Å². The molecule has 7 nitrogen and oxygen atoms in total. The Kier molecular flexibility index (Phi) is 11.9. The zero-order valence-electron chi connectivity index (χ0n) is 18.4. The summed E-state index contributed by atoms with van der Waals surface area (Å²) in [5, 5.41) is 6.70. The molecule has 1 aromatic rings. The minimum absolute atomic E-state index is 0.599. The summed E-state index contributed by atoms with van der Waals surface area (Å²) in [6.07, 6.45) is 6.24. The highest BCUT2D eigenvalue weighted by Crippen LogP contribution is 2.38. The second-order valence-corrected chi connectivity index (χ2v) is 6.96. The summed E-state index contributed by atoms with van der Waals surface area (Å²) < 4.78 is 16.2. The van der Waals surface area contributed by atoms with Crippen LogP contribution in [0.25, 0.3) is 0 Å². The first kappa shape index (κ1) is 23.9. The monoisotopic (exact) mass is 394 g/mol. The summed E-state index contributed by atoms with van der Waals surface area (Å²) in [7, 11) is 10.9. The van der Waals surface area contributed by atoms with Gasteiger partial charge in [0.1, 0.15) is 0 Å². The minimum atomic E-state index is 0.599. The highest BCUT2D eigenvalue weighted by Gasteiger charge is 2.13. The molecule has 2 N–H and O–H groups in total. The van der Waals surface area contributed by atoms with E-state index >= 15 is 0 Å². The van der Waals surface area contributed by atoms with Gasteiger partial charge in [0, 0.05) is 20.1 Å². The summed E-state index contributed by atoms with van der Waals surface area (Å²) in [5.41, 5.74) is 1.03. The molecular weight excluding hydrogens is 356 g/mol. The Balaban J connectivity index is 2.38. The number of nitrogens with one attached hydrogen (secondary N) is 2. The predicted octanol–water partition coefficient (Wildman–Crippen LogP) is 2.89. The van der Waals surface area contributed by atoms with Gasteiger partial charge >= 0.3 is 0 Å². The lowest BCUT2D eigenvalue weighted by Crippen LogP contribution is -2.37. The van der Waals surface area contributed by atoms with Crippen LogP contribution in [0.4, 0.5) is 0 Å². The van der Waals surface area contributed by atoms with Gasteiger partial charge in [-0.25, -0.2) is 0 Å². The molecule has 0 heterocycles. The summed E-state index contributed by atoms with van der Waals surface area (Å²) in [5.74, 6) is 2.69. The molecule has 0 spiro atoms. The van der Waals surface area contributed by atoms with E-state index in [9.17, 15) is 0 Å². The van der Waals surface area contributed by atoms with Gasteiger partial charge < -0.3 is 29.7 Å².